The molecular weight excluding hydrogens is 308 g/mol. The minimum Gasteiger partial charge on any atom is -0.348 e. The molecule has 0 radical (unpaired) electrons. The number of hydrogen-bond acceptors (Lipinski definition) is 3. The van der Waals surface area contributed by atoms with Gasteiger partial charge in [-0.25, -0.2) is 0 Å². The highest BCUT2D eigenvalue weighted by atomic mass is 32.1. The van der Waals surface area contributed by atoms with Crippen molar-refractivity contribution >= 4 is 28.9 Å². The number of carbonyl (C=O) groups is 1. The second-order valence-corrected chi connectivity index (χ2v) is 6.69. The number of benzene rings is 1. The molecule has 1 heterocycles. The summed E-state index contributed by atoms with van der Waals surface area (Å²) in [6.07, 6.45) is 0. The Kier molecular flexibility index (Phi) is 5.96. The first-order valence-electron chi connectivity index (χ1n) is 7.92. The quantitative estimate of drug-likeness (QED) is 0.852. The van der Waals surface area contributed by atoms with Crippen molar-refractivity contribution in [1.29, 1.82) is 0 Å². The van der Waals surface area contributed by atoms with Gasteiger partial charge in [0.1, 0.15) is 0 Å². The molecule has 0 unspecified atom stereocenters. The summed E-state index contributed by atoms with van der Waals surface area (Å²) >= 11 is 5.55. The number of anilines is 1. The second-order valence-electron chi connectivity index (χ2n) is 6.30. The van der Waals surface area contributed by atoms with E-state index in [0.717, 1.165) is 37.0 Å². The maximum absolute atomic E-state index is 11.8. The summed E-state index contributed by atoms with van der Waals surface area (Å²) in [5.41, 5.74) is 3.47. The highest BCUT2D eigenvalue weighted by Gasteiger charge is 2.21. The molecule has 126 valence electrons. The normalized spacial score (nSPS) is 15.4. The van der Waals surface area contributed by atoms with E-state index in [1.807, 2.05) is 0 Å². The molecule has 0 aliphatic carbocycles. The van der Waals surface area contributed by atoms with Crippen LogP contribution in [0.2, 0.25) is 0 Å². The number of aryl methyl sites for hydroxylation is 2. The van der Waals surface area contributed by atoms with Crippen LogP contribution < -0.4 is 5.32 Å². The molecule has 1 saturated heterocycles. The van der Waals surface area contributed by atoms with Crippen LogP contribution in [0.4, 0.5) is 5.69 Å². The predicted molar refractivity (Wildman–Crippen MR) is 98.8 cm³/mol. The number of hydrogen-bond donors (Lipinski definition) is 1. The molecule has 1 amide bonds. The lowest BCUT2D eigenvalue weighted by molar-refractivity contribution is -0.130. The molecule has 1 aliphatic rings. The zero-order valence-corrected chi connectivity index (χ0v) is 15.2. The zero-order valence-electron chi connectivity index (χ0n) is 14.4. The molecule has 23 heavy (non-hydrogen) atoms. The van der Waals surface area contributed by atoms with Gasteiger partial charge < -0.3 is 15.1 Å². The highest BCUT2D eigenvalue weighted by molar-refractivity contribution is 7.80. The van der Waals surface area contributed by atoms with E-state index in [1.54, 1.807) is 19.0 Å². The molecule has 1 fully saturated rings. The minimum atomic E-state index is 0.148. The van der Waals surface area contributed by atoms with Crippen LogP contribution >= 0.6 is 12.2 Å². The SMILES string of the molecule is Cc1ccc(C)c(NC(=S)N2CCN(CC(=O)N(C)C)CC2)c1. The lowest BCUT2D eigenvalue weighted by Crippen LogP contribution is -2.51. The van der Waals surface area contributed by atoms with E-state index in [2.05, 4.69) is 47.2 Å². The van der Waals surface area contributed by atoms with Crippen molar-refractivity contribution in [1.82, 2.24) is 14.7 Å². The molecule has 0 aromatic heterocycles. The third kappa shape index (κ3) is 4.91. The number of likely N-dealkylation sites (N-methyl/N-ethyl adjacent to an activating group) is 1. The molecule has 5 nitrogen and oxygen atoms in total. The van der Waals surface area contributed by atoms with Gasteiger partial charge in [-0.2, -0.15) is 0 Å². The van der Waals surface area contributed by atoms with E-state index in [9.17, 15) is 4.79 Å². The second kappa shape index (κ2) is 7.75. The molecule has 2 rings (SSSR count). The number of piperazine rings is 1. The number of rotatable bonds is 3. The van der Waals surface area contributed by atoms with Crippen LogP contribution in [-0.2, 0) is 4.79 Å². The molecule has 1 aromatic carbocycles. The van der Waals surface area contributed by atoms with Crippen molar-refractivity contribution in [3.8, 4) is 0 Å². The average molecular weight is 334 g/mol. The van der Waals surface area contributed by atoms with Crippen molar-refractivity contribution in [2.45, 2.75) is 13.8 Å². The minimum absolute atomic E-state index is 0.148. The summed E-state index contributed by atoms with van der Waals surface area (Å²) in [4.78, 5) is 17.8. The third-order valence-corrected chi connectivity index (χ3v) is 4.51. The van der Waals surface area contributed by atoms with Gasteiger partial charge in [0.2, 0.25) is 5.91 Å². The van der Waals surface area contributed by atoms with Crippen molar-refractivity contribution in [2.75, 3.05) is 52.1 Å². The van der Waals surface area contributed by atoms with Crippen molar-refractivity contribution in [3.63, 3.8) is 0 Å². The average Bonchev–Trinajstić information content (AvgIpc) is 2.51. The van der Waals surface area contributed by atoms with Crippen LogP contribution in [0.25, 0.3) is 0 Å². The van der Waals surface area contributed by atoms with Gasteiger partial charge in [-0.1, -0.05) is 12.1 Å². The fraction of sp³-hybridized carbons (Fsp3) is 0.529. The Morgan fingerprint density at radius 1 is 1.22 bits per heavy atom. The van der Waals surface area contributed by atoms with E-state index in [4.69, 9.17) is 12.2 Å². The Morgan fingerprint density at radius 3 is 2.48 bits per heavy atom. The Labute approximate surface area is 144 Å². The summed E-state index contributed by atoms with van der Waals surface area (Å²) in [6, 6.07) is 6.32. The van der Waals surface area contributed by atoms with Gasteiger partial charge in [0, 0.05) is 46.0 Å². The van der Waals surface area contributed by atoms with Crippen LogP contribution in [0.15, 0.2) is 18.2 Å². The highest BCUT2D eigenvalue weighted by Crippen LogP contribution is 2.17. The fourth-order valence-electron chi connectivity index (χ4n) is 2.51. The van der Waals surface area contributed by atoms with E-state index < -0.39 is 0 Å². The van der Waals surface area contributed by atoms with Gasteiger partial charge in [-0.15, -0.1) is 0 Å². The van der Waals surface area contributed by atoms with Gasteiger partial charge in [-0.05, 0) is 43.3 Å². The molecule has 6 heteroatoms. The van der Waals surface area contributed by atoms with Crippen molar-refractivity contribution < 1.29 is 4.79 Å². The first-order valence-corrected chi connectivity index (χ1v) is 8.33. The van der Waals surface area contributed by atoms with E-state index in [1.165, 1.54) is 11.1 Å². The number of carbonyl (C=O) groups excluding carboxylic acids is 1. The van der Waals surface area contributed by atoms with Crippen LogP contribution in [0.1, 0.15) is 11.1 Å². The van der Waals surface area contributed by atoms with Gasteiger partial charge >= 0.3 is 0 Å². The summed E-state index contributed by atoms with van der Waals surface area (Å²) in [6.45, 7) is 8.04. The first kappa shape index (κ1) is 17.7. The summed E-state index contributed by atoms with van der Waals surface area (Å²) < 4.78 is 0. The zero-order chi connectivity index (χ0) is 17.0. The third-order valence-electron chi connectivity index (χ3n) is 4.15. The smallest absolute Gasteiger partial charge is 0.236 e. The van der Waals surface area contributed by atoms with E-state index >= 15 is 0 Å². The van der Waals surface area contributed by atoms with Gasteiger partial charge in [-0.3, -0.25) is 9.69 Å². The van der Waals surface area contributed by atoms with Gasteiger partial charge in [0.25, 0.3) is 0 Å². The van der Waals surface area contributed by atoms with Crippen LogP contribution in [0.5, 0.6) is 0 Å². The summed E-state index contributed by atoms with van der Waals surface area (Å²) in [5, 5.41) is 4.12. The number of nitrogens with one attached hydrogen (secondary N) is 1. The number of nitrogens with zero attached hydrogens (tertiary/aromatic N) is 3. The fourth-order valence-corrected chi connectivity index (χ4v) is 2.80. The van der Waals surface area contributed by atoms with Crippen LogP contribution in [-0.4, -0.2) is 72.5 Å². The van der Waals surface area contributed by atoms with E-state index in [0.29, 0.717) is 6.54 Å². The monoisotopic (exact) mass is 334 g/mol. The van der Waals surface area contributed by atoms with Crippen LogP contribution in [0, 0.1) is 13.8 Å². The molecular formula is C17H26N4OS. The molecule has 1 aromatic rings. The molecule has 0 spiro atoms. The van der Waals surface area contributed by atoms with Crippen LogP contribution in [0.3, 0.4) is 0 Å². The Morgan fingerprint density at radius 2 is 1.87 bits per heavy atom. The Balaban J connectivity index is 1.86. The maximum Gasteiger partial charge on any atom is 0.236 e. The van der Waals surface area contributed by atoms with Gasteiger partial charge in [0.05, 0.1) is 6.54 Å². The Bertz CT molecular complexity index is 580. The lowest BCUT2D eigenvalue weighted by atomic mass is 10.1. The summed E-state index contributed by atoms with van der Waals surface area (Å²) in [7, 11) is 3.59. The van der Waals surface area contributed by atoms with Gasteiger partial charge in [0.15, 0.2) is 5.11 Å². The number of thiocarbonyl (C=S) groups is 1. The predicted octanol–water partition coefficient (Wildman–Crippen LogP) is 1.71. The molecule has 0 atom stereocenters. The maximum atomic E-state index is 11.8. The largest absolute Gasteiger partial charge is 0.348 e. The summed E-state index contributed by atoms with van der Waals surface area (Å²) in [5.74, 6) is 0.148. The molecule has 1 N–H and O–H groups in total. The van der Waals surface area contributed by atoms with E-state index in [-0.39, 0.29) is 5.91 Å². The number of amides is 1. The standard InChI is InChI=1S/C17H26N4OS/c1-13-5-6-14(2)15(11-13)18-17(23)21-9-7-20(8-10-21)12-16(22)19(3)4/h5-6,11H,7-10,12H2,1-4H3,(H,18,23). The molecule has 0 bridgehead atoms. The Hall–Kier alpha value is -1.66. The topological polar surface area (TPSA) is 38.8 Å². The van der Waals surface area contributed by atoms with Crippen molar-refractivity contribution in [2.24, 2.45) is 0 Å². The first-order chi connectivity index (χ1) is 10.9. The molecule has 1 aliphatic heterocycles. The molecule has 0 saturated carbocycles. The van der Waals surface area contributed by atoms with Crippen molar-refractivity contribution in [3.05, 3.63) is 29.3 Å². The lowest BCUT2D eigenvalue weighted by Gasteiger charge is -2.36.